The Kier molecular flexibility index (Phi) is 9.32. The lowest BCUT2D eigenvalue weighted by atomic mass is 10.1. The number of nitrogens with one attached hydrogen (secondary N) is 5. The minimum atomic E-state index is -4.59. The lowest BCUT2D eigenvalue weighted by molar-refractivity contribution is -0.154. The number of nitrogens with zero attached hydrogens (tertiary/aromatic N) is 3. The summed E-state index contributed by atoms with van der Waals surface area (Å²) in [6.07, 6.45) is 0.649. The van der Waals surface area contributed by atoms with Crippen molar-refractivity contribution in [3.63, 3.8) is 0 Å². The summed E-state index contributed by atoms with van der Waals surface area (Å²) >= 11 is 6.03. The van der Waals surface area contributed by atoms with Crippen LogP contribution in [0.2, 0.25) is 5.02 Å². The zero-order valence-corrected chi connectivity index (χ0v) is 26.5. The minimum Gasteiger partial charge on any atom is -0.454 e. The number of halogens is 4. The molecule has 0 aliphatic heterocycles. The molecule has 6 rings (SSSR count). The number of amides is 3. The van der Waals surface area contributed by atoms with Crippen LogP contribution in [-0.4, -0.2) is 65.1 Å². The van der Waals surface area contributed by atoms with E-state index in [1.165, 1.54) is 0 Å². The van der Waals surface area contributed by atoms with Crippen molar-refractivity contribution >= 4 is 46.9 Å². The predicted octanol–water partition coefficient (Wildman–Crippen LogP) is 4.46. The number of benzene rings is 2. The Labute approximate surface area is 279 Å². The Morgan fingerprint density at radius 2 is 1.48 bits per heavy atom. The van der Waals surface area contributed by atoms with Crippen LogP contribution in [0.5, 0.6) is 6.01 Å². The van der Waals surface area contributed by atoms with Crippen molar-refractivity contribution in [1.29, 1.82) is 0 Å². The molecule has 2 aromatic carbocycles. The van der Waals surface area contributed by atoms with Gasteiger partial charge in [-0.1, -0.05) is 23.7 Å². The topological polar surface area (TPSA) is 159 Å². The molecule has 0 spiro atoms. The Bertz CT molecular complexity index is 1660. The fourth-order valence-corrected chi connectivity index (χ4v) is 5.18. The second-order valence-corrected chi connectivity index (χ2v) is 13.0. The van der Waals surface area contributed by atoms with Crippen LogP contribution in [0.4, 0.5) is 30.8 Å². The van der Waals surface area contributed by atoms with Crippen LogP contribution in [0.25, 0.3) is 0 Å². The van der Waals surface area contributed by atoms with Gasteiger partial charge in [0.15, 0.2) is 6.61 Å². The first-order valence-electron chi connectivity index (χ1n) is 15.6. The number of aromatic nitrogens is 3. The molecule has 0 saturated heterocycles. The first-order chi connectivity index (χ1) is 22.9. The van der Waals surface area contributed by atoms with Crippen LogP contribution >= 0.6 is 11.6 Å². The highest BCUT2D eigenvalue weighted by Crippen LogP contribution is 2.48. The number of ether oxygens (including phenoxy) is 1. The van der Waals surface area contributed by atoms with Gasteiger partial charge in [-0.05, 0) is 86.4 Å². The van der Waals surface area contributed by atoms with Crippen LogP contribution in [-0.2, 0) is 15.1 Å². The molecule has 12 nitrogen and oxygen atoms in total. The normalized spacial score (nSPS) is 17.1. The average molecular weight is 687 g/mol. The summed E-state index contributed by atoms with van der Waals surface area (Å²) in [4.78, 5) is 49.4. The van der Waals surface area contributed by atoms with Gasteiger partial charge in [0.1, 0.15) is 0 Å². The summed E-state index contributed by atoms with van der Waals surface area (Å²) in [7, 11) is 0. The van der Waals surface area contributed by atoms with Crippen LogP contribution in [0, 0.1) is 11.3 Å². The van der Waals surface area contributed by atoms with Crippen LogP contribution < -0.4 is 31.3 Å². The maximum atomic E-state index is 12.9. The summed E-state index contributed by atoms with van der Waals surface area (Å²) in [5, 5.41) is 14.9. The number of alkyl halides is 3. The van der Waals surface area contributed by atoms with Gasteiger partial charge in [0.2, 0.25) is 11.9 Å². The van der Waals surface area contributed by atoms with Gasteiger partial charge >= 0.3 is 24.0 Å². The second kappa shape index (κ2) is 13.5. The van der Waals surface area contributed by atoms with Crippen molar-refractivity contribution in [2.45, 2.75) is 50.2 Å². The van der Waals surface area contributed by atoms with Gasteiger partial charge in [0.05, 0.1) is 5.54 Å². The smallest absolute Gasteiger partial charge is 0.422 e. The highest BCUT2D eigenvalue weighted by atomic mass is 35.5. The van der Waals surface area contributed by atoms with E-state index in [1.54, 1.807) is 36.4 Å². The number of carbonyl (C=O) groups excluding carboxylic acids is 3. The average Bonchev–Trinajstić information content (AvgIpc) is 3.93. The van der Waals surface area contributed by atoms with E-state index in [1.807, 2.05) is 12.1 Å². The third-order valence-corrected chi connectivity index (χ3v) is 8.79. The van der Waals surface area contributed by atoms with E-state index in [0.717, 1.165) is 44.1 Å². The van der Waals surface area contributed by atoms with Gasteiger partial charge < -0.3 is 31.3 Å². The molecule has 3 amide bonds. The molecule has 0 radical (unpaired) electrons. The quantitative estimate of drug-likeness (QED) is 0.154. The van der Waals surface area contributed by atoms with Gasteiger partial charge in [-0.15, -0.1) is 0 Å². The van der Waals surface area contributed by atoms with Crippen molar-refractivity contribution in [2.75, 3.05) is 36.9 Å². The van der Waals surface area contributed by atoms with Crippen molar-refractivity contribution < 1.29 is 32.3 Å². The fraction of sp³-hybridized carbons (Fsp3) is 0.438. The molecular weight excluding hydrogens is 653 g/mol. The highest BCUT2D eigenvalue weighted by molar-refractivity contribution is 6.35. The number of rotatable bonds is 14. The minimum absolute atomic E-state index is 0.0252. The van der Waals surface area contributed by atoms with Crippen molar-refractivity contribution in [3.8, 4) is 6.01 Å². The zero-order valence-electron chi connectivity index (χ0n) is 25.8. The Morgan fingerprint density at radius 1 is 0.833 bits per heavy atom. The summed E-state index contributed by atoms with van der Waals surface area (Å²) in [6.45, 7) is -0.455. The molecule has 1 heterocycles. The van der Waals surface area contributed by atoms with E-state index in [9.17, 15) is 27.6 Å². The van der Waals surface area contributed by atoms with Gasteiger partial charge in [-0.3, -0.25) is 14.4 Å². The third-order valence-electron chi connectivity index (χ3n) is 8.54. The molecule has 0 unspecified atom stereocenters. The lowest BCUT2D eigenvalue weighted by Crippen LogP contribution is -2.44. The van der Waals surface area contributed by atoms with Crippen LogP contribution in [0.1, 0.15) is 54.4 Å². The van der Waals surface area contributed by atoms with Gasteiger partial charge in [0.25, 0.3) is 5.91 Å². The number of carbonyl (C=O) groups is 3. The van der Waals surface area contributed by atoms with E-state index >= 15 is 0 Å². The van der Waals surface area contributed by atoms with Crippen molar-refractivity contribution in [1.82, 2.24) is 30.9 Å². The van der Waals surface area contributed by atoms with Crippen molar-refractivity contribution in [2.24, 2.45) is 11.3 Å². The number of hydrogen-bond acceptors (Lipinski definition) is 9. The molecule has 0 bridgehead atoms. The molecular formula is C32H34ClF3N8O4. The summed E-state index contributed by atoms with van der Waals surface area (Å²) < 4.78 is 43.5. The van der Waals surface area contributed by atoms with Gasteiger partial charge in [0, 0.05) is 41.3 Å². The number of hydrogen-bond donors (Lipinski definition) is 5. The summed E-state index contributed by atoms with van der Waals surface area (Å²) in [6, 6.07) is 13.1. The maximum Gasteiger partial charge on any atom is 0.422 e. The van der Waals surface area contributed by atoms with Gasteiger partial charge in [-0.25, -0.2) is 0 Å². The van der Waals surface area contributed by atoms with Crippen molar-refractivity contribution in [3.05, 3.63) is 64.7 Å². The largest absolute Gasteiger partial charge is 0.454 e. The SMILES string of the molecule is O=C(NCC1CC1)C(=O)NCC1(CNC(=O)c2ccc(Nc3nc(NC4(c5ccc(Cl)cc5)CC4)nc(OCC(F)(F)F)n3)cc2)CC1. The maximum absolute atomic E-state index is 12.9. The third kappa shape index (κ3) is 9.02. The Hall–Kier alpha value is -4.66. The molecule has 48 heavy (non-hydrogen) atoms. The van der Waals surface area contributed by atoms with Gasteiger partial charge in [-0.2, -0.15) is 28.1 Å². The molecule has 3 aliphatic rings. The monoisotopic (exact) mass is 686 g/mol. The molecule has 16 heteroatoms. The molecule has 3 aliphatic carbocycles. The van der Waals surface area contributed by atoms with E-state index in [4.69, 9.17) is 16.3 Å². The van der Waals surface area contributed by atoms with Crippen LogP contribution in [0.3, 0.4) is 0 Å². The Balaban J connectivity index is 1.05. The molecule has 3 aromatic rings. The van der Waals surface area contributed by atoms with E-state index in [0.29, 0.717) is 35.3 Å². The van der Waals surface area contributed by atoms with E-state index < -0.39 is 36.1 Å². The molecule has 1 aromatic heterocycles. The molecule has 0 atom stereocenters. The standard InChI is InChI=1S/C32H34ClF3N8O4/c33-22-7-5-21(6-8-22)31(13-14-31)44-28-41-27(42-29(43-28)48-18-32(34,35)36)40-23-9-3-20(4-10-23)24(45)38-16-30(11-12-30)17-39-26(47)25(46)37-15-19-1-2-19/h3-10,19H,1-2,11-18H2,(H,37,46)(H,38,45)(H,39,47)(H2,40,41,42,43,44). The lowest BCUT2D eigenvalue weighted by Gasteiger charge is -2.19. The zero-order chi connectivity index (χ0) is 33.9. The summed E-state index contributed by atoms with van der Waals surface area (Å²) in [5.41, 5.74) is 0.953. The predicted molar refractivity (Wildman–Crippen MR) is 170 cm³/mol. The van der Waals surface area contributed by atoms with E-state index in [2.05, 4.69) is 41.5 Å². The molecule has 5 N–H and O–H groups in total. The molecule has 3 fully saturated rings. The second-order valence-electron chi connectivity index (χ2n) is 12.6. The summed E-state index contributed by atoms with van der Waals surface area (Å²) in [5.74, 6) is -1.21. The Morgan fingerprint density at radius 3 is 2.10 bits per heavy atom. The fourth-order valence-electron chi connectivity index (χ4n) is 5.06. The molecule has 254 valence electrons. The highest BCUT2D eigenvalue weighted by Gasteiger charge is 2.45. The van der Waals surface area contributed by atoms with Crippen LogP contribution in [0.15, 0.2) is 48.5 Å². The first-order valence-corrected chi connectivity index (χ1v) is 16.0. The number of anilines is 3. The molecule has 3 saturated carbocycles. The van der Waals surface area contributed by atoms with E-state index in [-0.39, 0.29) is 29.8 Å². The first kappa shape index (κ1) is 33.2.